The molecule has 0 amide bonds. The van der Waals surface area contributed by atoms with Crippen molar-refractivity contribution in [2.24, 2.45) is 11.8 Å². The van der Waals surface area contributed by atoms with Crippen molar-refractivity contribution in [3.05, 3.63) is 30.3 Å². The third kappa shape index (κ3) is 13.6. The first kappa shape index (κ1) is 23.6. The number of hydrogen-bond donors (Lipinski definition) is 1. The molecule has 1 aromatic carbocycles. The van der Waals surface area contributed by atoms with Gasteiger partial charge in [-0.25, -0.2) is 0 Å². The third-order valence-electron chi connectivity index (χ3n) is 4.31. The average Bonchev–Trinajstić information content (AvgIpc) is 3.43. The maximum atomic E-state index is 10.2. The fourth-order valence-electron chi connectivity index (χ4n) is 2.23. The molecule has 0 saturated heterocycles. The highest BCUT2D eigenvalue weighted by atomic mass is 16.5. The van der Waals surface area contributed by atoms with Crippen molar-refractivity contribution in [2.75, 3.05) is 13.7 Å². The number of benzene rings is 1. The van der Waals surface area contributed by atoms with Crippen molar-refractivity contribution in [3.8, 4) is 5.75 Å². The number of ether oxygens (including phenoxy) is 1. The number of Topliss-reactive ketones (excluding diaryl/α,β-unsaturated/α-hetero) is 1. The molecule has 3 rings (SSSR count). The van der Waals surface area contributed by atoms with E-state index in [0.29, 0.717) is 11.7 Å². The SMILES string of the molecule is CC(=O)C1CC1.CCCCC.CO.c1ccc(OCC2CCC2)cc1. The molecule has 25 heavy (non-hydrogen) atoms. The van der Waals surface area contributed by atoms with Gasteiger partial charge in [-0.15, -0.1) is 0 Å². The van der Waals surface area contributed by atoms with Crippen molar-refractivity contribution in [1.29, 1.82) is 0 Å². The summed E-state index contributed by atoms with van der Waals surface area (Å²) in [5.74, 6) is 2.66. The average molecular weight is 351 g/mol. The van der Waals surface area contributed by atoms with Crippen LogP contribution in [0.15, 0.2) is 30.3 Å². The smallest absolute Gasteiger partial charge is 0.132 e. The second-order valence-electron chi connectivity index (χ2n) is 6.66. The van der Waals surface area contributed by atoms with Gasteiger partial charge in [0.1, 0.15) is 11.5 Å². The van der Waals surface area contributed by atoms with Gasteiger partial charge in [-0.3, -0.25) is 4.79 Å². The van der Waals surface area contributed by atoms with Crippen LogP contribution in [-0.2, 0) is 4.79 Å². The number of carbonyl (C=O) groups excluding carboxylic acids is 1. The van der Waals surface area contributed by atoms with E-state index in [2.05, 4.69) is 13.8 Å². The fraction of sp³-hybridized carbons (Fsp3) is 0.682. The number of carbonyl (C=O) groups is 1. The zero-order valence-electron chi connectivity index (χ0n) is 16.7. The number of ketones is 1. The third-order valence-corrected chi connectivity index (χ3v) is 4.31. The van der Waals surface area contributed by atoms with E-state index < -0.39 is 0 Å². The zero-order chi connectivity index (χ0) is 18.9. The molecule has 2 aliphatic carbocycles. The Kier molecular flexibility index (Phi) is 15.3. The van der Waals surface area contributed by atoms with E-state index in [4.69, 9.17) is 9.84 Å². The van der Waals surface area contributed by atoms with Crippen molar-refractivity contribution in [1.82, 2.24) is 0 Å². The van der Waals surface area contributed by atoms with E-state index in [9.17, 15) is 4.79 Å². The Morgan fingerprint density at radius 3 is 1.88 bits per heavy atom. The van der Waals surface area contributed by atoms with Crippen LogP contribution in [0.4, 0.5) is 0 Å². The minimum Gasteiger partial charge on any atom is -0.493 e. The molecule has 0 atom stereocenters. The highest BCUT2D eigenvalue weighted by molar-refractivity contribution is 5.80. The number of para-hydroxylation sites is 1. The van der Waals surface area contributed by atoms with E-state index in [1.165, 1.54) is 38.5 Å². The van der Waals surface area contributed by atoms with E-state index in [1.54, 1.807) is 6.92 Å². The molecule has 0 aliphatic heterocycles. The molecule has 0 radical (unpaired) electrons. The number of aliphatic hydroxyl groups excluding tert-OH is 1. The zero-order valence-corrected chi connectivity index (χ0v) is 16.7. The van der Waals surface area contributed by atoms with E-state index in [0.717, 1.165) is 38.2 Å². The first-order valence-electron chi connectivity index (χ1n) is 9.80. The van der Waals surface area contributed by atoms with Gasteiger partial charge in [0.15, 0.2) is 0 Å². The predicted octanol–water partition coefficient (Wildman–Crippen LogP) is 5.66. The molecular weight excluding hydrogens is 312 g/mol. The van der Waals surface area contributed by atoms with Crippen LogP contribution in [0.2, 0.25) is 0 Å². The highest BCUT2D eigenvalue weighted by Crippen LogP contribution is 2.29. The van der Waals surface area contributed by atoms with Gasteiger partial charge in [-0.2, -0.15) is 0 Å². The predicted molar refractivity (Wildman–Crippen MR) is 106 cm³/mol. The molecule has 1 aromatic rings. The maximum Gasteiger partial charge on any atom is 0.132 e. The van der Waals surface area contributed by atoms with E-state index in [1.807, 2.05) is 30.3 Å². The van der Waals surface area contributed by atoms with Gasteiger partial charge in [-0.1, -0.05) is 57.7 Å². The maximum absolute atomic E-state index is 10.2. The molecule has 0 bridgehead atoms. The highest BCUT2D eigenvalue weighted by Gasteiger charge is 2.25. The van der Waals surface area contributed by atoms with E-state index >= 15 is 0 Å². The van der Waals surface area contributed by atoms with Crippen LogP contribution in [0.3, 0.4) is 0 Å². The summed E-state index contributed by atoms with van der Waals surface area (Å²) < 4.78 is 5.61. The Morgan fingerprint density at radius 1 is 1.04 bits per heavy atom. The van der Waals surface area contributed by atoms with Gasteiger partial charge < -0.3 is 9.84 Å². The molecule has 2 fully saturated rings. The van der Waals surface area contributed by atoms with Gasteiger partial charge in [0, 0.05) is 13.0 Å². The number of unbranched alkanes of at least 4 members (excludes halogenated alkanes) is 2. The molecule has 2 aliphatic rings. The molecule has 2 saturated carbocycles. The van der Waals surface area contributed by atoms with Gasteiger partial charge in [0.05, 0.1) is 6.61 Å². The number of hydrogen-bond acceptors (Lipinski definition) is 3. The summed E-state index contributed by atoms with van der Waals surface area (Å²) in [6, 6.07) is 10.1. The Bertz CT molecular complexity index is 407. The van der Waals surface area contributed by atoms with Crippen LogP contribution < -0.4 is 4.74 Å². The largest absolute Gasteiger partial charge is 0.493 e. The van der Waals surface area contributed by atoms with Crippen molar-refractivity contribution in [3.63, 3.8) is 0 Å². The first-order chi connectivity index (χ1) is 12.2. The summed E-state index contributed by atoms with van der Waals surface area (Å²) in [5.41, 5.74) is 0. The Labute approximate surface area is 154 Å². The Morgan fingerprint density at radius 2 is 1.60 bits per heavy atom. The topological polar surface area (TPSA) is 46.5 Å². The molecular formula is C22H38O3. The Hall–Kier alpha value is -1.35. The summed E-state index contributed by atoms with van der Waals surface area (Å²) in [6.45, 7) is 6.99. The minimum absolute atomic E-state index is 0.370. The second-order valence-corrected chi connectivity index (χ2v) is 6.66. The lowest BCUT2D eigenvalue weighted by Gasteiger charge is -2.25. The van der Waals surface area contributed by atoms with Crippen molar-refractivity contribution in [2.45, 2.75) is 72.1 Å². The second kappa shape index (κ2) is 16.1. The van der Waals surface area contributed by atoms with Gasteiger partial charge >= 0.3 is 0 Å². The number of rotatable bonds is 6. The molecule has 0 unspecified atom stereocenters. The lowest BCUT2D eigenvalue weighted by molar-refractivity contribution is -0.118. The van der Waals surface area contributed by atoms with Crippen LogP contribution in [-0.4, -0.2) is 24.6 Å². The van der Waals surface area contributed by atoms with Crippen molar-refractivity contribution >= 4 is 5.78 Å². The summed E-state index contributed by atoms with van der Waals surface area (Å²) in [7, 11) is 1.00. The summed E-state index contributed by atoms with van der Waals surface area (Å²) >= 11 is 0. The van der Waals surface area contributed by atoms with Crippen LogP contribution in [0.1, 0.15) is 72.1 Å². The Balaban J connectivity index is 0.000000374. The lowest BCUT2D eigenvalue weighted by atomic mass is 9.86. The summed E-state index contributed by atoms with van der Waals surface area (Å²) in [5, 5.41) is 7.00. The number of aliphatic hydroxyl groups is 1. The summed E-state index contributed by atoms with van der Waals surface area (Å²) in [4.78, 5) is 10.2. The van der Waals surface area contributed by atoms with Crippen LogP contribution >= 0.6 is 0 Å². The molecule has 3 nitrogen and oxygen atoms in total. The normalized spacial score (nSPS) is 15.1. The van der Waals surface area contributed by atoms with Gasteiger partial charge in [0.25, 0.3) is 0 Å². The minimum atomic E-state index is 0.370. The summed E-state index contributed by atoms with van der Waals surface area (Å²) in [6.07, 6.45) is 10.5. The molecule has 0 spiro atoms. The van der Waals surface area contributed by atoms with Crippen molar-refractivity contribution < 1.29 is 14.6 Å². The molecule has 144 valence electrons. The van der Waals surface area contributed by atoms with E-state index in [-0.39, 0.29) is 0 Å². The lowest BCUT2D eigenvalue weighted by Crippen LogP contribution is -2.19. The molecule has 0 aromatic heterocycles. The van der Waals surface area contributed by atoms with Crippen LogP contribution in [0.5, 0.6) is 5.75 Å². The fourth-order valence-corrected chi connectivity index (χ4v) is 2.23. The first-order valence-corrected chi connectivity index (χ1v) is 9.80. The van der Waals surface area contributed by atoms with Crippen LogP contribution in [0.25, 0.3) is 0 Å². The standard InChI is InChI=1S/C11H14O.C5H8O.C5H12.CH4O/c1-2-7-11(8-3-1)12-9-10-5-4-6-10;1-4(6)5-2-3-5;1-3-5-4-2;1-2/h1-3,7-8,10H,4-6,9H2;5H,2-3H2,1H3;3-5H2,1-2H3;2H,1H3. The monoisotopic (exact) mass is 350 g/mol. The van der Waals surface area contributed by atoms with Crippen LogP contribution in [0, 0.1) is 11.8 Å². The quantitative estimate of drug-likeness (QED) is 0.720. The molecule has 0 heterocycles. The molecule has 3 heteroatoms. The molecule has 1 N–H and O–H groups in total. The van der Waals surface area contributed by atoms with Gasteiger partial charge in [0.2, 0.25) is 0 Å². The van der Waals surface area contributed by atoms with Gasteiger partial charge in [-0.05, 0) is 50.7 Å².